The Hall–Kier alpha value is -0.0800. The molecule has 2 heteroatoms. The molecule has 0 aromatic rings. The predicted molar refractivity (Wildman–Crippen MR) is 53.4 cm³/mol. The molecule has 0 heterocycles. The zero-order chi connectivity index (χ0) is 8.81. The first-order valence-corrected chi connectivity index (χ1v) is 5.14. The van der Waals surface area contributed by atoms with E-state index in [1.54, 1.807) is 0 Å². The van der Waals surface area contributed by atoms with Gasteiger partial charge in [0.1, 0.15) is 0 Å². The monoisotopic (exact) mass is 170 g/mol. The molecule has 0 bridgehead atoms. The number of hydrogen-bond acceptors (Lipinski definition) is 2. The van der Waals surface area contributed by atoms with Crippen molar-refractivity contribution in [2.24, 2.45) is 5.92 Å². The van der Waals surface area contributed by atoms with Crippen molar-refractivity contribution in [1.29, 1.82) is 0 Å². The van der Waals surface area contributed by atoms with Crippen LogP contribution in [0.25, 0.3) is 0 Å². The van der Waals surface area contributed by atoms with Gasteiger partial charge in [-0.2, -0.15) is 0 Å². The maximum Gasteiger partial charge on any atom is 0.0101 e. The highest BCUT2D eigenvalue weighted by atomic mass is 15.1. The molecule has 1 saturated carbocycles. The van der Waals surface area contributed by atoms with Gasteiger partial charge < -0.3 is 10.2 Å². The highest BCUT2D eigenvalue weighted by molar-refractivity contribution is 4.72. The van der Waals surface area contributed by atoms with E-state index >= 15 is 0 Å². The quantitative estimate of drug-likeness (QED) is 0.580. The number of nitrogens with zero attached hydrogens (tertiary/aromatic N) is 1. The molecule has 12 heavy (non-hydrogen) atoms. The van der Waals surface area contributed by atoms with Gasteiger partial charge in [-0.15, -0.1) is 0 Å². The molecule has 0 aliphatic heterocycles. The van der Waals surface area contributed by atoms with E-state index in [4.69, 9.17) is 0 Å². The summed E-state index contributed by atoms with van der Waals surface area (Å²) < 4.78 is 0. The topological polar surface area (TPSA) is 15.3 Å². The van der Waals surface area contributed by atoms with Crippen LogP contribution in [0.1, 0.15) is 25.7 Å². The Morgan fingerprint density at radius 2 is 2.00 bits per heavy atom. The van der Waals surface area contributed by atoms with Crippen LogP contribution in [-0.2, 0) is 0 Å². The molecule has 0 aromatic carbocycles. The highest BCUT2D eigenvalue weighted by Crippen LogP contribution is 2.33. The van der Waals surface area contributed by atoms with Crippen LogP contribution in [0, 0.1) is 5.92 Å². The van der Waals surface area contributed by atoms with Crippen molar-refractivity contribution in [3.05, 3.63) is 0 Å². The van der Waals surface area contributed by atoms with Crippen molar-refractivity contribution in [1.82, 2.24) is 10.2 Å². The molecule has 1 aliphatic carbocycles. The van der Waals surface area contributed by atoms with E-state index in [0.29, 0.717) is 0 Å². The second kappa shape index (κ2) is 5.55. The molecular weight excluding hydrogens is 148 g/mol. The minimum absolute atomic E-state index is 1.10. The Kier molecular flexibility index (Phi) is 4.62. The zero-order valence-electron chi connectivity index (χ0n) is 8.47. The zero-order valence-corrected chi connectivity index (χ0v) is 8.47. The predicted octanol–water partition coefficient (Wildman–Crippen LogP) is 1.33. The molecule has 1 aliphatic rings. The summed E-state index contributed by atoms with van der Waals surface area (Å²) in [7, 11) is 4.23. The molecule has 0 saturated heterocycles. The Bertz CT molecular complexity index is 102. The van der Waals surface area contributed by atoms with E-state index in [-0.39, 0.29) is 0 Å². The smallest absolute Gasteiger partial charge is 0.0101 e. The standard InChI is InChI=1S/C10H22N2/c1-12(2)9-8-11-7-3-4-10-5-6-10/h10-11H,3-9H2,1-2H3. The van der Waals surface area contributed by atoms with Crippen LogP contribution >= 0.6 is 0 Å². The molecular formula is C10H22N2. The average molecular weight is 170 g/mol. The highest BCUT2D eigenvalue weighted by Gasteiger charge is 2.19. The molecule has 0 spiro atoms. The third kappa shape index (κ3) is 5.56. The van der Waals surface area contributed by atoms with E-state index in [2.05, 4.69) is 24.3 Å². The van der Waals surface area contributed by atoms with Crippen molar-refractivity contribution in [3.8, 4) is 0 Å². The van der Waals surface area contributed by atoms with Gasteiger partial charge in [-0.25, -0.2) is 0 Å². The molecule has 0 unspecified atom stereocenters. The molecule has 72 valence electrons. The number of likely N-dealkylation sites (N-methyl/N-ethyl adjacent to an activating group) is 1. The first-order chi connectivity index (χ1) is 5.79. The van der Waals surface area contributed by atoms with E-state index in [0.717, 1.165) is 19.0 Å². The first kappa shape index (κ1) is 10.0. The van der Waals surface area contributed by atoms with E-state index in [1.807, 2.05) is 0 Å². The van der Waals surface area contributed by atoms with Gasteiger partial charge in [0.25, 0.3) is 0 Å². The van der Waals surface area contributed by atoms with Crippen LogP contribution in [0.4, 0.5) is 0 Å². The van der Waals surface area contributed by atoms with Gasteiger partial charge in [-0.3, -0.25) is 0 Å². The molecule has 0 atom stereocenters. The second-order valence-electron chi connectivity index (χ2n) is 4.14. The van der Waals surface area contributed by atoms with Crippen LogP contribution < -0.4 is 5.32 Å². The maximum absolute atomic E-state index is 3.46. The third-order valence-corrected chi connectivity index (χ3v) is 2.40. The van der Waals surface area contributed by atoms with E-state index < -0.39 is 0 Å². The number of hydrogen-bond donors (Lipinski definition) is 1. The van der Waals surface area contributed by atoms with Crippen LogP contribution in [-0.4, -0.2) is 38.6 Å². The third-order valence-electron chi connectivity index (χ3n) is 2.40. The maximum atomic E-state index is 3.46. The molecule has 1 fully saturated rings. The van der Waals surface area contributed by atoms with E-state index in [1.165, 1.54) is 32.2 Å². The Morgan fingerprint density at radius 3 is 2.58 bits per heavy atom. The SMILES string of the molecule is CN(C)CCNCCCC1CC1. The van der Waals surface area contributed by atoms with Gasteiger partial charge in [0, 0.05) is 13.1 Å². The molecule has 1 rings (SSSR count). The Labute approximate surface area is 76.3 Å². The number of nitrogens with one attached hydrogen (secondary N) is 1. The summed E-state index contributed by atoms with van der Waals surface area (Å²) in [4.78, 5) is 2.22. The van der Waals surface area contributed by atoms with Crippen LogP contribution in [0.2, 0.25) is 0 Å². The average Bonchev–Trinajstić information content (AvgIpc) is 2.79. The molecule has 0 radical (unpaired) electrons. The lowest BCUT2D eigenvalue weighted by Crippen LogP contribution is -2.27. The fraction of sp³-hybridized carbons (Fsp3) is 1.00. The lowest BCUT2D eigenvalue weighted by Gasteiger charge is -2.09. The van der Waals surface area contributed by atoms with Crippen molar-refractivity contribution in [2.45, 2.75) is 25.7 Å². The van der Waals surface area contributed by atoms with Gasteiger partial charge in [0.2, 0.25) is 0 Å². The fourth-order valence-corrected chi connectivity index (χ4v) is 1.35. The van der Waals surface area contributed by atoms with Crippen LogP contribution in [0.3, 0.4) is 0 Å². The minimum Gasteiger partial charge on any atom is -0.315 e. The molecule has 0 aromatic heterocycles. The summed E-state index contributed by atoms with van der Waals surface area (Å²) in [6.07, 6.45) is 5.82. The van der Waals surface area contributed by atoms with Gasteiger partial charge in [0.15, 0.2) is 0 Å². The summed E-state index contributed by atoms with van der Waals surface area (Å²) in [5.41, 5.74) is 0. The summed E-state index contributed by atoms with van der Waals surface area (Å²) in [6.45, 7) is 3.51. The molecule has 0 amide bonds. The summed E-state index contributed by atoms with van der Waals surface area (Å²) >= 11 is 0. The fourth-order valence-electron chi connectivity index (χ4n) is 1.35. The first-order valence-electron chi connectivity index (χ1n) is 5.14. The van der Waals surface area contributed by atoms with Crippen LogP contribution in [0.15, 0.2) is 0 Å². The second-order valence-corrected chi connectivity index (χ2v) is 4.14. The summed E-state index contributed by atoms with van der Waals surface area (Å²) in [5.74, 6) is 1.10. The van der Waals surface area contributed by atoms with E-state index in [9.17, 15) is 0 Å². The Morgan fingerprint density at radius 1 is 1.25 bits per heavy atom. The lowest BCUT2D eigenvalue weighted by molar-refractivity contribution is 0.398. The molecule has 2 nitrogen and oxygen atoms in total. The lowest BCUT2D eigenvalue weighted by atomic mass is 10.2. The normalized spacial score (nSPS) is 17.2. The van der Waals surface area contributed by atoms with Crippen molar-refractivity contribution in [3.63, 3.8) is 0 Å². The van der Waals surface area contributed by atoms with Gasteiger partial charge in [-0.1, -0.05) is 12.8 Å². The largest absolute Gasteiger partial charge is 0.315 e. The van der Waals surface area contributed by atoms with Crippen molar-refractivity contribution >= 4 is 0 Å². The van der Waals surface area contributed by atoms with Gasteiger partial charge in [0.05, 0.1) is 0 Å². The number of rotatable bonds is 7. The van der Waals surface area contributed by atoms with Crippen molar-refractivity contribution in [2.75, 3.05) is 33.7 Å². The van der Waals surface area contributed by atoms with Gasteiger partial charge >= 0.3 is 0 Å². The van der Waals surface area contributed by atoms with Crippen molar-refractivity contribution < 1.29 is 0 Å². The summed E-state index contributed by atoms with van der Waals surface area (Å²) in [5, 5.41) is 3.46. The van der Waals surface area contributed by atoms with Crippen LogP contribution in [0.5, 0.6) is 0 Å². The van der Waals surface area contributed by atoms with Gasteiger partial charge in [-0.05, 0) is 39.4 Å². The Balaban J connectivity index is 1.70. The minimum atomic E-state index is 1.10. The molecule has 1 N–H and O–H groups in total. The summed E-state index contributed by atoms with van der Waals surface area (Å²) in [6, 6.07) is 0.